The summed E-state index contributed by atoms with van der Waals surface area (Å²) in [5, 5.41) is 14.8. The average molecular weight is 700 g/mol. The molecule has 0 saturated carbocycles. The largest absolute Gasteiger partial charge is 0.273 e. The Labute approximate surface area is 280 Å². The monoisotopic (exact) mass is 699 g/mol. The molecule has 0 aliphatic carbocycles. The summed E-state index contributed by atoms with van der Waals surface area (Å²) in [4.78, 5) is 42.2. The summed E-state index contributed by atoms with van der Waals surface area (Å²) in [5.41, 5.74) is 4.23. The van der Waals surface area contributed by atoms with Crippen molar-refractivity contribution in [1.82, 2.24) is 14.3 Å². The minimum absolute atomic E-state index is 0.278. The first kappa shape index (κ1) is 32.0. The standard InChI is InChI=1S/C33H36N9O3P3/c1-25-22-46(37(34-25)28(4)43)40(31-16-10-7-11-17-31)47(23-26(2)35-38(47)29(5)44)42(33-20-14-9-15-21-33)48(24-27(3)36-39(48)30(6)45)41(46)32-18-12-8-13-19-32/h7-24H,1-6H3. The molecule has 0 aromatic heterocycles. The fourth-order valence-electron chi connectivity index (χ4n) is 6.81. The summed E-state index contributed by atoms with van der Waals surface area (Å²) in [7, 11) is -10.3. The van der Waals surface area contributed by atoms with Crippen LogP contribution in [0.4, 0.5) is 17.1 Å². The van der Waals surface area contributed by atoms with Crippen LogP contribution in [0, 0.1) is 0 Å². The van der Waals surface area contributed by atoms with Gasteiger partial charge in [0, 0.05) is 55.2 Å². The van der Waals surface area contributed by atoms with Crippen molar-refractivity contribution in [3.63, 3.8) is 0 Å². The molecule has 0 unspecified atom stereocenters. The Morgan fingerprint density at radius 2 is 0.667 bits per heavy atom. The summed E-state index contributed by atoms with van der Waals surface area (Å²) < 4.78 is 11.5. The Kier molecular flexibility index (Phi) is 7.67. The Hall–Kier alpha value is -4.62. The minimum atomic E-state index is -3.44. The SMILES string of the molecule is CC(=O)N1N=C(C)C=P12N(c1ccccc1)P1(=CC(C)=NN1C(C)=O)N(c1ccccc1)P1(=CC(C)=NN1C(C)=O)N2c1ccccc1. The van der Waals surface area contributed by atoms with Crippen molar-refractivity contribution < 1.29 is 14.4 Å². The molecule has 15 heteroatoms. The van der Waals surface area contributed by atoms with Crippen LogP contribution in [-0.4, -0.2) is 66.6 Å². The molecule has 7 rings (SSSR count). The highest BCUT2D eigenvalue weighted by molar-refractivity contribution is 8.09. The lowest BCUT2D eigenvalue weighted by molar-refractivity contribution is -0.124. The topological polar surface area (TPSA) is 108 Å². The Morgan fingerprint density at radius 3 is 0.875 bits per heavy atom. The van der Waals surface area contributed by atoms with Gasteiger partial charge in [0.1, 0.15) is 0 Å². The van der Waals surface area contributed by atoms with E-state index in [4.69, 9.17) is 15.3 Å². The number of nitrogens with zero attached hydrogens (tertiary/aromatic N) is 9. The average Bonchev–Trinajstić information content (AvgIpc) is 3.69. The van der Waals surface area contributed by atoms with E-state index in [1.165, 1.54) is 20.8 Å². The second-order valence-electron chi connectivity index (χ2n) is 11.8. The van der Waals surface area contributed by atoms with Crippen molar-refractivity contribution in [3.05, 3.63) is 91.0 Å². The van der Waals surface area contributed by atoms with E-state index in [1.807, 2.05) is 112 Å². The van der Waals surface area contributed by atoms with E-state index in [0.29, 0.717) is 17.1 Å². The van der Waals surface area contributed by atoms with Crippen LogP contribution in [0.5, 0.6) is 0 Å². The third-order valence-corrected chi connectivity index (χ3v) is 22.6. The van der Waals surface area contributed by atoms with E-state index in [1.54, 1.807) is 14.3 Å². The summed E-state index contributed by atoms with van der Waals surface area (Å²) in [6.45, 7) is 10.2. The van der Waals surface area contributed by atoms with Gasteiger partial charge in [-0.1, -0.05) is 54.6 Å². The number of hydrogen-bond donors (Lipinski definition) is 0. The van der Waals surface area contributed by atoms with Crippen molar-refractivity contribution in [2.45, 2.75) is 41.5 Å². The lowest BCUT2D eigenvalue weighted by Gasteiger charge is -2.67. The predicted octanol–water partition coefficient (Wildman–Crippen LogP) is 6.93. The third kappa shape index (κ3) is 4.36. The van der Waals surface area contributed by atoms with Crippen LogP contribution in [0.2, 0.25) is 0 Å². The van der Waals surface area contributed by atoms with E-state index in [9.17, 15) is 14.4 Å². The highest BCUT2D eigenvalue weighted by atomic mass is 31.3. The predicted molar refractivity (Wildman–Crippen MR) is 203 cm³/mol. The third-order valence-electron chi connectivity index (χ3n) is 8.15. The van der Waals surface area contributed by atoms with Crippen LogP contribution < -0.4 is 13.3 Å². The van der Waals surface area contributed by atoms with Gasteiger partial charge in [0.15, 0.2) is 22.0 Å². The van der Waals surface area contributed by atoms with Crippen LogP contribution >= 0.6 is 22.0 Å². The van der Waals surface area contributed by atoms with Crippen molar-refractivity contribution in [3.8, 4) is 0 Å². The lowest BCUT2D eigenvalue weighted by atomic mass is 10.3. The van der Waals surface area contributed by atoms with E-state index >= 15 is 0 Å². The molecular weight excluding hydrogens is 663 g/mol. The molecule has 0 atom stereocenters. The van der Waals surface area contributed by atoms with Crippen molar-refractivity contribution >= 4 is 91.3 Å². The number of rotatable bonds is 3. The Balaban J connectivity index is 1.80. The maximum Gasteiger partial charge on any atom is 0.245 e. The second kappa shape index (κ2) is 11.5. The molecule has 1 fully saturated rings. The molecular formula is C33H36N9O3P3. The van der Waals surface area contributed by atoms with Gasteiger partial charge in [-0.05, 0) is 57.2 Å². The van der Waals surface area contributed by atoms with Crippen LogP contribution in [0.25, 0.3) is 0 Å². The first-order valence-electron chi connectivity index (χ1n) is 15.4. The highest BCUT2D eigenvalue weighted by Gasteiger charge is 2.67. The van der Waals surface area contributed by atoms with Gasteiger partial charge >= 0.3 is 0 Å². The molecule has 0 radical (unpaired) electrons. The maximum atomic E-state index is 14.1. The number of anilines is 3. The van der Waals surface area contributed by atoms with Gasteiger partial charge in [-0.3, -0.25) is 27.7 Å². The molecule has 4 aliphatic rings. The van der Waals surface area contributed by atoms with E-state index < -0.39 is 22.0 Å². The smallest absolute Gasteiger partial charge is 0.245 e. The quantitative estimate of drug-likeness (QED) is 0.275. The summed E-state index contributed by atoms with van der Waals surface area (Å²) in [6, 6.07) is 29.5. The molecule has 4 aliphatic heterocycles. The van der Waals surface area contributed by atoms with Gasteiger partial charge < -0.3 is 0 Å². The number of carbonyl (C=O) groups excluding carboxylic acids is 3. The Bertz CT molecular complexity index is 1870. The fraction of sp³-hybridized carbons (Fsp3) is 0.182. The lowest BCUT2D eigenvalue weighted by Crippen LogP contribution is -2.54. The molecule has 0 bridgehead atoms. The number of benzene rings is 3. The zero-order valence-electron chi connectivity index (χ0n) is 27.5. The first-order valence-corrected chi connectivity index (χ1v) is 20.5. The zero-order chi connectivity index (χ0) is 34.0. The van der Waals surface area contributed by atoms with E-state index in [2.05, 4.69) is 30.7 Å². The maximum absolute atomic E-state index is 14.1. The molecule has 4 heterocycles. The van der Waals surface area contributed by atoms with Gasteiger partial charge in [-0.2, -0.15) is 29.6 Å². The van der Waals surface area contributed by atoms with Gasteiger partial charge in [0.2, 0.25) is 17.7 Å². The molecule has 3 aromatic rings. The summed E-state index contributed by atoms with van der Waals surface area (Å²) in [5.74, 6) is 5.38. The van der Waals surface area contributed by atoms with E-state index in [0.717, 1.165) is 17.1 Å². The first-order chi connectivity index (χ1) is 23.0. The molecule has 246 valence electrons. The molecule has 3 aromatic carbocycles. The number of para-hydroxylation sites is 3. The molecule has 3 amide bonds. The van der Waals surface area contributed by atoms with Crippen molar-refractivity contribution in [2.75, 3.05) is 13.3 Å². The highest BCUT2D eigenvalue weighted by Crippen LogP contribution is 2.91. The van der Waals surface area contributed by atoms with Gasteiger partial charge in [-0.25, -0.2) is 0 Å². The number of amides is 3. The van der Waals surface area contributed by atoms with Crippen molar-refractivity contribution in [1.29, 1.82) is 0 Å². The minimum Gasteiger partial charge on any atom is -0.273 e. The molecule has 48 heavy (non-hydrogen) atoms. The summed E-state index contributed by atoms with van der Waals surface area (Å²) >= 11 is 0. The van der Waals surface area contributed by atoms with Gasteiger partial charge in [0.25, 0.3) is 0 Å². The van der Waals surface area contributed by atoms with Crippen LogP contribution in [-0.2, 0) is 14.4 Å². The molecule has 0 N–H and O–H groups in total. The fourth-order valence-corrected chi connectivity index (χ4v) is 24.7. The molecule has 12 nitrogen and oxygen atoms in total. The van der Waals surface area contributed by atoms with Crippen LogP contribution in [0.3, 0.4) is 0 Å². The summed E-state index contributed by atoms with van der Waals surface area (Å²) in [6.07, 6.45) is 0. The van der Waals surface area contributed by atoms with Crippen LogP contribution in [0.15, 0.2) is 106 Å². The van der Waals surface area contributed by atoms with Crippen LogP contribution in [0.1, 0.15) is 41.5 Å². The van der Waals surface area contributed by atoms with Gasteiger partial charge in [0.05, 0.1) is 17.1 Å². The second-order valence-corrected chi connectivity index (χ2v) is 20.7. The van der Waals surface area contributed by atoms with E-state index in [-0.39, 0.29) is 17.7 Å². The van der Waals surface area contributed by atoms with Gasteiger partial charge in [-0.15, -0.1) is 0 Å². The Morgan fingerprint density at radius 1 is 0.438 bits per heavy atom. The number of carbonyl (C=O) groups is 3. The van der Waals surface area contributed by atoms with Crippen molar-refractivity contribution in [2.24, 2.45) is 15.3 Å². The molecule has 3 spiro atoms. The zero-order valence-corrected chi connectivity index (χ0v) is 30.2. The normalized spacial score (nSPS) is 26.0. The number of hydrogen-bond acceptors (Lipinski definition) is 9. The number of hydrazone groups is 3. The molecule has 1 saturated heterocycles.